The maximum absolute atomic E-state index is 13.1. The van der Waals surface area contributed by atoms with Crippen LogP contribution in [0.25, 0.3) is 44.3 Å². The number of hydrogen-bond donors (Lipinski definition) is 3. The van der Waals surface area contributed by atoms with Crippen LogP contribution >= 0.6 is 12.4 Å². The third-order valence-electron chi connectivity index (χ3n) is 5.81. The number of rotatable bonds is 4. The van der Waals surface area contributed by atoms with Crippen LogP contribution in [0, 0.1) is 0 Å². The Hall–Kier alpha value is -3.80. The molecule has 4 aromatic carbocycles. The molecule has 1 aromatic heterocycles. The van der Waals surface area contributed by atoms with Crippen LogP contribution < -0.4 is 4.74 Å². The molecule has 192 valence electrons. The van der Waals surface area contributed by atoms with Gasteiger partial charge in [0.15, 0.2) is 0 Å². The predicted octanol–water partition coefficient (Wildman–Crippen LogP) is 6.45. The molecule has 12 heteroatoms. The summed E-state index contributed by atoms with van der Waals surface area (Å²) in [6, 6.07) is 15.2. The lowest BCUT2D eigenvalue weighted by Gasteiger charge is -2.11. The number of benzene rings is 4. The molecule has 37 heavy (non-hydrogen) atoms. The Labute approximate surface area is 214 Å². The summed E-state index contributed by atoms with van der Waals surface area (Å²) in [7, 11) is -3.22. The van der Waals surface area contributed by atoms with Gasteiger partial charge in [0.05, 0.1) is 29.1 Å². The maximum atomic E-state index is 13.1. The van der Waals surface area contributed by atoms with E-state index >= 15 is 0 Å². The SMILES string of the molecule is COc1cc(-c2cccc(C(F)(F)F)c2)ccc1-c1nc2c(cc(S(=O)(=O)O)c3cccc(O)c32)[nH]1.Cl. The molecule has 0 atom stereocenters. The van der Waals surface area contributed by atoms with Crippen molar-refractivity contribution in [1.82, 2.24) is 9.97 Å². The number of nitrogens with zero attached hydrogens (tertiary/aromatic N) is 1. The molecule has 0 unspecified atom stereocenters. The molecule has 0 saturated heterocycles. The summed E-state index contributed by atoms with van der Waals surface area (Å²) in [5.41, 5.74) is 0.982. The number of halogens is 4. The van der Waals surface area contributed by atoms with E-state index in [0.29, 0.717) is 22.4 Å². The van der Waals surface area contributed by atoms with Gasteiger partial charge in [0.2, 0.25) is 0 Å². The molecule has 0 radical (unpaired) electrons. The molecule has 3 N–H and O–H groups in total. The molecule has 0 amide bonds. The normalized spacial score (nSPS) is 12.0. The number of phenolic OH excluding ortho intramolecular Hbond substituents is 1. The summed E-state index contributed by atoms with van der Waals surface area (Å²) in [4.78, 5) is 7.11. The molecule has 0 saturated carbocycles. The summed E-state index contributed by atoms with van der Waals surface area (Å²) in [6.07, 6.45) is -4.48. The summed E-state index contributed by atoms with van der Waals surface area (Å²) < 4.78 is 78.6. The Bertz CT molecular complexity index is 1770. The quantitative estimate of drug-likeness (QED) is 0.222. The molecule has 0 aliphatic carbocycles. The Morgan fingerprint density at radius 3 is 2.35 bits per heavy atom. The second-order valence-corrected chi connectivity index (χ2v) is 9.41. The zero-order chi connectivity index (χ0) is 25.8. The average Bonchev–Trinajstić information content (AvgIpc) is 3.26. The first-order chi connectivity index (χ1) is 17.0. The number of imidazole rings is 1. The van der Waals surface area contributed by atoms with Crippen LogP contribution in [-0.2, 0) is 16.3 Å². The zero-order valence-corrected chi connectivity index (χ0v) is 20.5. The number of methoxy groups -OCH3 is 1. The standard InChI is InChI=1S/C25H17F3N2O5S.ClH/c1-35-20-11-14(13-4-2-5-15(10-13)25(26,27)28)8-9-16(20)24-29-18-12-21(36(32,33)34)17-6-3-7-19(31)22(17)23(18)30-24;/h2-12,31H,1H3,(H,29,30)(H,32,33,34);1H. The molecule has 0 aliphatic heterocycles. The number of aromatic amines is 1. The number of phenols is 1. The number of H-pyrrole nitrogens is 1. The summed E-state index contributed by atoms with van der Waals surface area (Å²) in [5.74, 6) is 0.329. The van der Waals surface area contributed by atoms with Gasteiger partial charge in [0.25, 0.3) is 10.1 Å². The van der Waals surface area contributed by atoms with Crippen molar-refractivity contribution >= 4 is 44.3 Å². The highest BCUT2D eigenvalue weighted by Gasteiger charge is 2.30. The number of hydrogen-bond acceptors (Lipinski definition) is 5. The third kappa shape index (κ3) is 4.68. The maximum Gasteiger partial charge on any atom is 0.416 e. The summed E-state index contributed by atoms with van der Waals surface area (Å²) >= 11 is 0. The van der Waals surface area contributed by atoms with E-state index in [9.17, 15) is 31.2 Å². The Balaban J connectivity index is 0.00000320. The summed E-state index contributed by atoms with van der Waals surface area (Å²) in [5, 5.41) is 10.7. The Morgan fingerprint density at radius 1 is 0.973 bits per heavy atom. The van der Waals surface area contributed by atoms with E-state index in [4.69, 9.17) is 4.74 Å². The van der Waals surface area contributed by atoms with Crippen LogP contribution in [0.5, 0.6) is 11.5 Å². The highest BCUT2D eigenvalue weighted by atomic mass is 35.5. The van der Waals surface area contributed by atoms with E-state index in [-0.39, 0.29) is 45.8 Å². The lowest BCUT2D eigenvalue weighted by Crippen LogP contribution is -2.04. The first kappa shape index (κ1) is 26.3. The first-order valence-electron chi connectivity index (χ1n) is 10.5. The van der Waals surface area contributed by atoms with Crippen molar-refractivity contribution in [1.29, 1.82) is 0 Å². The molecular formula is C25H18ClF3N2O5S. The van der Waals surface area contributed by atoms with Gasteiger partial charge in [-0.05, 0) is 47.5 Å². The van der Waals surface area contributed by atoms with Gasteiger partial charge in [-0.1, -0.05) is 30.3 Å². The van der Waals surface area contributed by atoms with E-state index in [1.165, 1.54) is 37.4 Å². The van der Waals surface area contributed by atoms with Crippen molar-refractivity contribution in [3.8, 4) is 34.0 Å². The second-order valence-electron chi connectivity index (χ2n) is 8.02. The minimum absolute atomic E-state index is 0. The number of fused-ring (bicyclic) bond motifs is 3. The topological polar surface area (TPSA) is 113 Å². The van der Waals surface area contributed by atoms with Crippen LogP contribution in [-0.4, -0.2) is 35.2 Å². The largest absolute Gasteiger partial charge is 0.507 e. The van der Waals surface area contributed by atoms with Gasteiger partial charge in [0.1, 0.15) is 27.7 Å². The average molecular weight is 551 g/mol. The smallest absolute Gasteiger partial charge is 0.416 e. The van der Waals surface area contributed by atoms with Gasteiger partial charge in [0, 0.05) is 5.39 Å². The Morgan fingerprint density at radius 2 is 1.68 bits per heavy atom. The fourth-order valence-corrected chi connectivity index (χ4v) is 4.88. The molecule has 7 nitrogen and oxygen atoms in total. The van der Waals surface area contributed by atoms with Crippen molar-refractivity contribution in [3.63, 3.8) is 0 Å². The van der Waals surface area contributed by atoms with Gasteiger partial charge in [-0.2, -0.15) is 21.6 Å². The fraction of sp³-hybridized carbons (Fsp3) is 0.0800. The molecule has 0 fully saturated rings. The van der Waals surface area contributed by atoms with E-state index in [0.717, 1.165) is 12.1 Å². The van der Waals surface area contributed by atoms with E-state index in [1.54, 1.807) is 24.3 Å². The van der Waals surface area contributed by atoms with Crippen molar-refractivity contribution in [3.05, 3.63) is 72.3 Å². The Kier molecular flexibility index (Phi) is 6.57. The molecule has 1 heterocycles. The summed E-state index contributed by atoms with van der Waals surface area (Å²) in [6.45, 7) is 0. The van der Waals surface area contributed by atoms with E-state index in [2.05, 4.69) is 9.97 Å². The lowest BCUT2D eigenvalue weighted by molar-refractivity contribution is -0.137. The lowest BCUT2D eigenvalue weighted by atomic mass is 10.0. The number of aromatic nitrogens is 2. The first-order valence-corrected chi connectivity index (χ1v) is 11.9. The highest BCUT2D eigenvalue weighted by Crippen LogP contribution is 2.39. The van der Waals surface area contributed by atoms with Gasteiger partial charge >= 0.3 is 6.18 Å². The molecule has 0 spiro atoms. The van der Waals surface area contributed by atoms with Crippen LogP contribution in [0.1, 0.15) is 5.56 Å². The molecule has 5 aromatic rings. The number of alkyl halides is 3. The minimum Gasteiger partial charge on any atom is -0.507 e. The number of ether oxygens (including phenoxy) is 1. The van der Waals surface area contributed by atoms with Crippen molar-refractivity contribution < 1.29 is 36.0 Å². The monoisotopic (exact) mass is 550 g/mol. The zero-order valence-electron chi connectivity index (χ0n) is 18.9. The van der Waals surface area contributed by atoms with Crippen LogP contribution in [0.2, 0.25) is 0 Å². The van der Waals surface area contributed by atoms with Gasteiger partial charge in [-0.3, -0.25) is 4.55 Å². The third-order valence-corrected chi connectivity index (χ3v) is 6.70. The van der Waals surface area contributed by atoms with Gasteiger partial charge < -0.3 is 14.8 Å². The van der Waals surface area contributed by atoms with E-state index in [1.807, 2.05) is 0 Å². The minimum atomic E-state index is -4.62. The van der Waals surface area contributed by atoms with E-state index < -0.39 is 26.8 Å². The van der Waals surface area contributed by atoms with Crippen molar-refractivity contribution in [2.75, 3.05) is 7.11 Å². The number of aromatic hydroxyl groups is 1. The fourth-order valence-electron chi connectivity index (χ4n) is 4.17. The predicted molar refractivity (Wildman–Crippen MR) is 135 cm³/mol. The molecule has 5 rings (SSSR count). The molecule has 0 aliphatic rings. The van der Waals surface area contributed by atoms with Gasteiger partial charge in [-0.25, -0.2) is 4.98 Å². The van der Waals surface area contributed by atoms with Crippen molar-refractivity contribution in [2.45, 2.75) is 11.1 Å². The van der Waals surface area contributed by atoms with Gasteiger partial charge in [-0.15, -0.1) is 12.4 Å². The van der Waals surface area contributed by atoms with Crippen LogP contribution in [0.4, 0.5) is 13.2 Å². The molecule has 0 bridgehead atoms. The van der Waals surface area contributed by atoms with Crippen LogP contribution in [0.15, 0.2) is 71.6 Å². The second kappa shape index (κ2) is 9.25. The van der Waals surface area contributed by atoms with Crippen molar-refractivity contribution in [2.24, 2.45) is 0 Å². The van der Waals surface area contributed by atoms with Crippen LogP contribution in [0.3, 0.4) is 0 Å². The highest BCUT2D eigenvalue weighted by molar-refractivity contribution is 7.86. The number of nitrogens with one attached hydrogen (secondary N) is 1. The molecular weight excluding hydrogens is 533 g/mol.